The molecule has 0 radical (unpaired) electrons. The predicted molar refractivity (Wildman–Crippen MR) is 166 cm³/mol. The average molecular weight is 659 g/mol. The van der Waals surface area contributed by atoms with Crippen molar-refractivity contribution >= 4 is 65.8 Å². The second kappa shape index (κ2) is 43.7. The van der Waals surface area contributed by atoms with Crippen molar-refractivity contribution in [2.75, 3.05) is 0 Å². The molecule has 1 atom stereocenters. The number of hydrogen-bond acceptors (Lipinski definition) is 6. The van der Waals surface area contributed by atoms with Gasteiger partial charge in [0, 0.05) is 6.42 Å². The standard InChI is InChI=1S/C10H20O2.2C8H17.C4H6O7S.Ca.Na/c1-2-3-4-5-6-7-8-9-10(11)12;2*1-3-5-7-8-6-4-2;5-3(6)1-2(4(7)8)12(9,10)11;;/h2-9H2,1H3,(H,11,12);2*1,3-8H2,2H3;2H,1H2,(H,5,6)(H,7,8)(H,9,10,11);;/q;2*-1;;+2;+1/p-1. The zero-order chi connectivity index (χ0) is 31.7. The molecule has 0 aromatic carbocycles. The van der Waals surface area contributed by atoms with Crippen molar-refractivity contribution in [2.45, 2.75) is 161 Å². The van der Waals surface area contributed by atoms with Crippen LogP contribution < -0.4 is 34.7 Å². The molecule has 242 valence electrons. The first-order valence-electron chi connectivity index (χ1n) is 15.0. The van der Waals surface area contributed by atoms with Gasteiger partial charge in [0.25, 0.3) is 10.1 Å². The third-order valence-electron chi connectivity index (χ3n) is 5.68. The second-order valence-electron chi connectivity index (χ2n) is 9.72. The maximum atomic E-state index is 10.2. The van der Waals surface area contributed by atoms with Crippen LogP contribution in [0.25, 0.3) is 0 Å². The van der Waals surface area contributed by atoms with Crippen molar-refractivity contribution in [3.8, 4) is 0 Å². The molecule has 0 saturated carbocycles. The average Bonchev–Trinajstić information content (AvgIpc) is 2.87. The fourth-order valence-electron chi connectivity index (χ4n) is 3.26. The van der Waals surface area contributed by atoms with Crippen molar-refractivity contribution < 1.29 is 72.2 Å². The van der Waals surface area contributed by atoms with Gasteiger partial charge in [-0.05, 0) is 6.42 Å². The Kier molecular flexibility index (Phi) is 57.3. The van der Waals surface area contributed by atoms with Gasteiger partial charge in [0.15, 0.2) is 0 Å². The first kappa shape index (κ1) is 55.0. The van der Waals surface area contributed by atoms with Crippen LogP contribution in [-0.2, 0) is 24.5 Å². The zero-order valence-corrected chi connectivity index (χ0v) is 32.3. The number of unbranched alkanes of at least 4 members (excludes halogenated alkanes) is 16. The van der Waals surface area contributed by atoms with Crippen LogP contribution in [0.5, 0.6) is 0 Å². The van der Waals surface area contributed by atoms with Crippen LogP contribution in [0.1, 0.15) is 156 Å². The van der Waals surface area contributed by atoms with Gasteiger partial charge in [0.2, 0.25) is 0 Å². The zero-order valence-electron chi connectivity index (χ0n) is 27.2. The molecular weight excluding hydrogens is 599 g/mol. The molecule has 0 aliphatic rings. The number of carboxylic acids is 3. The minimum Gasteiger partial charge on any atom is -0.549 e. The predicted octanol–water partition coefficient (Wildman–Crippen LogP) is 3.66. The van der Waals surface area contributed by atoms with Crippen LogP contribution >= 0.6 is 0 Å². The molecule has 0 aromatic heterocycles. The van der Waals surface area contributed by atoms with Gasteiger partial charge in [-0.3, -0.25) is 14.1 Å². The summed E-state index contributed by atoms with van der Waals surface area (Å²) in [6.07, 6.45) is 23.4. The molecule has 0 aliphatic heterocycles. The number of hydrogen-bond donors (Lipinski definition) is 3. The Labute approximate surface area is 309 Å². The van der Waals surface area contributed by atoms with Crippen molar-refractivity contribution in [1.82, 2.24) is 0 Å². The van der Waals surface area contributed by atoms with E-state index in [2.05, 4.69) is 34.6 Å². The molecule has 0 aromatic rings. The molecule has 1 unspecified atom stereocenters. The first-order chi connectivity index (χ1) is 18.8. The van der Waals surface area contributed by atoms with Crippen LogP contribution in [0.2, 0.25) is 0 Å². The van der Waals surface area contributed by atoms with Gasteiger partial charge < -0.3 is 34.0 Å². The van der Waals surface area contributed by atoms with Crippen molar-refractivity contribution in [3.05, 3.63) is 13.8 Å². The summed E-state index contributed by atoms with van der Waals surface area (Å²) < 4.78 is 28.5. The fourth-order valence-corrected chi connectivity index (χ4v) is 3.86. The summed E-state index contributed by atoms with van der Waals surface area (Å²) in [4.78, 5) is 30.0. The molecule has 0 fully saturated rings. The van der Waals surface area contributed by atoms with E-state index in [0.29, 0.717) is 6.42 Å². The minimum atomic E-state index is -4.90. The minimum absolute atomic E-state index is 0. The topological polar surface area (TPSA) is 169 Å². The van der Waals surface area contributed by atoms with Crippen LogP contribution in [0.3, 0.4) is 0 Å². The summed E-state index contributed by atoms with van der Waals surface area (Å²) in [6, 6.07) is 0. The van der Waals surface area contributed by atoms with E-state index >= 15 is 0 Å². The van der Waals surface area contributed by atoms with E-state index in [9.17, 15) is 27.9 Å². The molecule has 0 spiro atoms. The molecule has 9 nitrogen and oxygen atoms in total. The van der Waals surface area contributed by atoms with Crippen molar-refractivity contribution in [3.63, 3.8) is 0 Å². The van der Waals surface area contributed by atoms with Crippen LogP contribution in [0.15, 0.2) is 0 Å². The van der Waals surface area contributed by atoms with E-state index in [-0.39, 0.29) is 67.3 Å². The molecular formula is C30H59CaNaO9S. The molecule has 0 bridgehead atoms. The van der Waals surface area contributed by atoms with E-state index in [1.54, 1.807) is 0 Å². The molecule has 0 heterocycles. The Balaban J connectivity index is -0.000000103. The number of carboxylic acid groups (broad SMARTS) is 3. The van der Waals surface area contributed by atoms with E-state index < -0.39 is 39.7 Å². The van der Waals surface area contributed by atoms with Crippen LogP contribution in [-0.4, -0.2) is 84.1 Å². The Morgan fingerprint density at radius 1 is 0.643 bits per heavy atom. The molecule has 42 heavy (non-hydrogen) atoms. The molecule has 0 saturated heterocycles. The summed E-state index contributed by atoms with van der Waals surface area (Å²) in [7, 11) is -4.90. The maximum absolute atomic E-state index is 10.2. The summed E-state index contributed by atoms with van der Waals surface area (Å²) in [5, 5.41) is 23.9. The summed E-state index contributed by atoms with van der Waals surface area (Å²) in [5.74, 6) is -4.45. The largest absolute Gasteiger partial charge is 2.00 e. The van der Waals surface area contributed by atoms with Gasteiger partial charge in [0.05, 0.1) is 12.4 Å². The van der Waals surface area contributed by atoms with Crippen molar-refractivity contribution in [1.29, 1.82) is 0 Å². The van der Waals surface area contributed by atoms with E-state index in [1.165, 1.54) is 96.3 Å². The Morgan fingerprint density at radius 2 is 0.952 bits per heavy atom. The second-order valence-corrected chi connectivity index (χ2v) is 11.3. The Morgan fingerprint density at radius 3 is 1.17 bits per heavy atom. The van der Waals surface area contributed by atoms with Gasteiger partial charge in [-0.15, -0.1) is 0 Å². The summed E-state index contributed by atoms with van der Waals surface area (Å²) >= 11 is 0. The van der Waals surface area contributed by atoms with Gasteiger partial charge in [-0.2, -0.15) is 21.3 Å². The van der Waals surface area contributed by atoms with Gasteiger partial charge in [-0.1, -0.05) is 124 Å². The van der Waals surface area contributed by atoms with Crippen LogP contribution in [0.4, 0.5) is 0 Å². The smallest absolute Gasteiger partial charge is 0.549 e. The molecule has 0 rings (SSSR count). The molecule has 0 aliphatic carbocycles. The fraction of sp³-hybridized carbons (Fsp3) is 0.833. The van der Waals surface area contributed by atoms with E-state index in [1.807, 2.05) is 0 Å². The quantitative estimate of drug-likeness (QED) is 0.0680. The third kappa shape index (κ3) is 56.4. The number of rotatable bonds is 22. The van der Waals surface area contributed by atoms with E-state index in [0.717, 1.165) is 25.7 Å². The molecule has 3 N–H and O–H groups in total. The normalized spacial score (nSPS) is 10.5. The first-order valence-corrected chi connectivity index (χ1v) is 16.5. The van der Waals surface area contributed by atoms with E-state index in [4.69, 9.17) is 14.8 Å². The molecule has 0 amide bonds. The Hall–Kier alpha value is 0.580. The van der Waals surface area contributed by atoms with Gasteiger partial charge >= 0.3 is 79.2 Å². The monoisotopic (exact) mass is 658 g/mol. The summed E-state index contributed by atoms with van der Waals surface area (Å²) in [5.41, 5.74) is 0. The number of carbonyl (C=O) groups excluding carboxylic acids is 1. The Bertz CT molecular complexity index is 654. The molecule has 12 heteroatoms. The van der Waals surface area contributed by atoms with Gasteiger partial charge in [-0.25, -0.2) is 0 Å². The van der Waals surface area contributed by atoms with Crippen LogP contribution in [0, 0.1) is 13.8 Å². The number of carbonyl (C=O) groups is 3. The maximum Gasteiger partial charge on any atom is 2.00 e. The summed E-state index contributed by atoms with van der Waals surface area (Å²) in [6.45, 7) is 14.2. The number of aliphatic carboxylic acids is 3. The third-order valence-corrected chi connectivity index (χ3v) is 6.76. The van der Waals surface area contributed by atoms with Gasteiger partial charge in [0.1, 0.15) is 5.25 Å². The SMILES string of the molecule is CCCCCCCCCC(=O)O.O=C(O)CC(C(=O)[O-])S(=O)(=O)O.[CH2-]CCCCCCC.[CH2-]CCCCCCC.[Ca+2].[Na+]. The van der Waals surface area contributed by atoms with Crippen molar-refractivity contribution in [2.24, 2.45) is 0 Å².